The summed E-state index contributed by atoms with van der Waals surface area (Å²) in [6.45, 7) is 4.10. The number of Topliss-reactive ketones (excluding diaryl/α,β-unsaturated/α-hetero) is 1. The van der Waals surface area contributed by atoms with E-state index in [1.807, 2.05) is 30.3 Å². The normalized spacial score (nSPS) is 15.1. The molecule has 4 aromatic heterocycles. The predicted molar refractivity (Wildman–Crippen MR) is 138 cm³/mol. The van der Waals surface area contributed by atoms with Crippen molar-refractivity contribution in [3.8, 4) is 22.4 Å². The minimum absolute atomic E-state index is 0.0748. The fourth-order valence-electron chi connectivity index (χ4n) is 4.81. The number of carbonyl (C=O) groups is 1. The van der Waals surface area contributed by atoms with E-state index < -0.39 is 5.82 Å². The Morgan fingerprint density at radius 3 is 2.56 bits per heavy atom. The Morgan fingerprint density at radius 1 is 1.00 bits per heavy atom. The van der Waals surface area contributed by atoms with Gasteiger partial charge in [-0.15, -0.1) is 0 Å². The number of hydrogen-bond acceptors (Lipinski definition) is 6. The quantitative estimate of drug-likeness (QED) is 0.376. The van der Waals surface area contributed by atoms with Crippen LogP contribution in [0.5, 0.6) is 0 Å². The van der Waals surface area contributed by atoms with Crippen molar-refractivity contribution in [2.45, 2.75) is 0 Å². The lowest BCUT2D eigenvalue weighted by Crippen LogP contribution is -2.46. The van der Waals surface area contributed by atoms with E-state index in [1.165, 1.54) is 6.20 Å². The molecule has 1 aliphatic heterocycles. The minimum Gasteiger partial charge on any atom is -0.338 e. The summed E-state index contributed by atoms with van der Waals surface area (Å²) in [7, 11) is 2.09. The molecule has 5 aromatic rings. The third-order valence-electron chi connectivity index (χ3n) is 6.87. The first-order chi connectivity index (χ1) is 17.6. The fourth-order valence-corrected chi connectivity index (χ4v) is 4.81. The molecule has 1 fully saturated rings. The van der Waals surface area contributed by atoms with Gasteiger partial charge in [0.15, 0.2) is 5.78 Å². The molecule has 180 valence electrons. The molecule has 36 heavy (non-hydrogen) atoms. The molecule has 1 N–H and O–H groups in total. The summed E-state index contributed by atoms with van der Waals surface area (Å²) < 4.78 is 15.3. The molecular weight excluding hydrogens is 455 g/mol. The standard InChI is InChI=1S/C28H25FN6O/c1-34-9-11-35(12-10-34)17-25(36)18-4-6-19(7-5-18)26-22(29)15-32-28-27(26)21-13-23(31-16-24(21)33-28)20-3-2-8-30-14-20/h2-8,13-16H,9-12,17H2,1H3,(H,32,33). The lowest BCUT2D eigenvalue weighted by atomic mass is 9.98. The van der Waals surface area contributed by atoms with Crippen LogP contribution in [-0.2, 0) is 0 Å². The number of ketones is 1. The van der Waals surface area contributed by atoms with Gasteiger partial charge in [0, 0.05) is 66.0 Å². The summed E-state index contributed by atoms with van der Waals surface area (Å²) in [5.74, 6) is -0.342. The zero-order chi connectivity index (χ0) is 24.6. The fraction of sp³-hybridized carbons (Fsp3) is 0.214. The van der Waals surface area contributed by atoms with Crippen LogP contribution >= 0.6 is 0 Å². The maximum absolute atomic E-state index is 15.3. The van der Waals surface area contributed by atoms with Crippen molar-refractivity contribution in [3.63, 3.8) is 0 Å². The van der Waals surface area contributed by atoms with Gasteiger partial charge in [-0.2, -0.15) is 0 Å². The van der Waals surface area contributed by atoms with Gasteiger partial charge >= 0.3 is 0 Å². The van der Waals surface area contributed by atoms with Gasteiger partial charge in [0.1, 0.15) is 11.5 Å². The molecule has 0 unspecified atom stereocenters. The Kier molecular flexibility index (Phi) is 5.75. The van der Waals surface area contributed by atoms with Crippen molar-refractivity contribution in [1.82, 2.24) is 29.7 Å². The van der Waals surface area contributed by atoms with Gasteiger partial charge in [0.2, 0.25) is 0 Å². The third kappa shape index (κ3) is 4.14. The molecule has 0 amide bonds. The molecule has 1 aromatic carbocycles. The second-order valence-corrected chi connectivity index (χ2v) is 9.27. The predicted octanol–water partition coefficient (Wildman–Crippen LogP) is 4.41. The number of fused-ring (bicyclic) bond motifs is 3. The third-order valence-corrected chi connectivity index (χ3v) is 6.87. The van der Waals surface area contributed by atoms with Crippen LogP contribution in [0.25, 0.3) is 44.3 Å². The lowest BCUT2D eigenvalue weighted by molar-refractivity contribution is 0.0876. The zero-order valence-electron chi connectivity index (χ0n) is 19.9. The van der Waals surface area contributed by atoms with Crippen LogP contribution in [0.3, 0.4) is 0 Å². The Bertz CT molecular complexity index is 1560. The molecule has 5 heterocycles. The van der Waals surface area contributed by atoms with Crippen molar-refractivity contribution in [2.24, 2.45) is 0 Å². The van der Waals surface area contributed by atoms with Gasteiger partial charge in [0.25, 0.3) is 0 Å². The Balaban J connectivity index is 1.37. The van der Waals surface area contributed by atoms with Crippen LogP contribution in [0.1, 0.15) is 10.4 Å². The van der Waals surface area contributed by atoms with E-state index in [2.05, 4.69) is 36.8 Å². The number of nitrogens with one attached hydrogen (secondary N) is 1. The Labute approximate surface area is 207 Å². The molecule has 7 nitrogen and oxygen atoms in total. The first kappa shape index (κ1) is 22.5. The van der Waals surface area contributed by atoms with Crippen LogP contribution in [0.15, 0.2) is 67.3 Å². The minimum atomic E-state index is -0.417. The summed E-state index contributed by atoms with van der Waals surface area (Å²) >= 11 is 0. The SMILES string of the molecule is CN1CCN(CC(=O)c2ccc(-c3c(F)cnc4[nH]c5cnc(-c6cccnc6)cc5c34)cc2)CC1. The van der Waals surface area contributed by atoms with E-state index in [9.17, 15) is 4.79 Å². The molecular formula is C28H25FN6O. The molecule has 0 saturated carbocycles. The van der Waals surface area contributed by atoms with Crippen molar-refractivity contribution >= 4 is 27.7 Å². The number of benzene rings is 1. The monoisotopic (exact) mass is 480 g/mol. The van der Waals surface area contributed by atoms with E-state index in [0.717, 1.165) is 48.3 Å². The molecule has 1 aliphatic rings. The van der Waals surface area contributed by atoms with Crippen LogP contribution in [0.4, 0.5) is 4.39 Å². The highest BCUT2D eigenvalue weighted by Gasteiger charge is 2.20. The maximum atomic E-state index is 15.3. The molecule has 0 atom stereocenters. The van der Waals surface area contributed by atoms with Crippen molar-refractivity contribution < 1.29 is 9.18 Å². The number of aromatic amines is 1. The van der Waals surface area contributed by atoms with Crippen molar-refractivity contribution in [2.75, 3.05) is 39.8 Å². The number of carbonyl (C=O) groups excluding carboxylic acids is 1. The molecule has 0 aliphatic carbocycles. The van der Waals surface area contributed by atoms with Gasteiger partial charge in [-0.3, -0.25) is 19.7 Å². The Morgan fingerprint density at radius 2 is 1.81 bits per heavy atom. The number of H-pyrrole nitrogens is 1. The highest BCUT2D eigenvalue weighted by molar-refractivity contribution is 6.13. The van der Waals surface area contributed by atoms with E-state index in [0.29, 0.717) is 34.3 Å². The number of pyridine rings is 3. The number of halogens is 1. The van der Waals surface area contributed by atoms with E-state index in [-0.39, 0.29) is 5.78 Å². The van der Waals surface area contributed by atoms with Gasteiger partial charge in [-0.05, 0) is 30.8 Å². The summed E-state index contributed by atoms with van der Waals surface area (Å²) in [6.07, 6.45) is 6.43. The van der Waals surface area contributed by atoms with Crippen molar-refractivity contribution in [1.29, 1.82) is 0 Å². The highest BCUT2D eigenvalue weighted by atomic mass is 19.1. The topological polar surface area (TPSA) is 78.0 Å². The summed E-state index contributed by atoms with van der Waals surface area (Å²) in [5, 5.41) is 1.52. The van der Waals surface area contributed by atoms with Crippen LogP contribution < -0.4 is 0 Å². The molecule has 0 radical (unpaired) electrons. The van der Waals surface area contributed by atoms with E-state index >= 15 is 4.39 Å². The van der Waals surface area contributed by atoms with Crippen molar-refractivity contribution in [3.05, 3.63) is 78.6 Å². The largest absolute Gasteiger partial charge is 0.338 e. The molecule has 8 heteroatoms. The second kappa shape index (κ2) is 9.22. The van der Waals surface area contributed by atoms with Gasteiger partial charge in [-0.25, -0.2) is 9.37 Å². The first-order valence-corrected chi connectivity index (χ1v) is 12.0. The maximum Gasteiger partial charge on any atom is 0.176 e. The summed E-state index contributed by atoms with van der Waals surface area (Å²) in [6, 6.07) is 12.9. The first-order valence-electron chi connectivity index (χ1n) is 12.0. The summed E-state index contributed by atoms with van der Waals surface area (Å²) in [5.41, 5.74) is 4.76. The number of aromatic nitrogens is 4. The van der Waals surface area contributed by atoms with Gasteiger partial charge < -0.3 is 9.88 Å². The molecule has 6 rings (SSSR count). The van der Waals surface area contributed by atoms with Crippen LogP contribution in [0.2, 0.25) is 0 Å². The Hall–Kier alpha value is -4.01. The van der Waals surface area contributed by atoms with Crippen LogP contribution in [0, 0.1) is 5.82 Å². The zero-order valence-corrected chi connectivity index (χ0v) is 19.9. The second-order valence-electron chi connectivity index (χ2n) is 9.27. The molecule has 0 spiro atoms. The van der Waals surface area contributed by atoms with E-state index in [1.54, 1.807) is 30.7 Å². The number of hydrogen-bond donors (Lipinski definition) is 1. The van der Waals surface area contributed by atoms with Gasteiger partial charge in [0.05, 0.1) is 30.1 Å². The number of rotatable bonds is 5. The average Bonchev–Trinajstić information content (AvgIpc) is 3.28. The average molecular weight is 481 g/mol. The van der Waals surface area contributed by atoms with E-state index in [4.69, 9.17) is 0 Å². The summed E-state index contributed by atoms with van der Waals surface area (Å²) in [4.78, 5) is 33.6. The van der Waals surface area contributed by atoms with Gasteiger partial charge in [-0.1, -0.05) is 24.3 Å². The lowest BCUT2D eigenvalue weighted by Gasteiger charge is -2.31. The molecule has 0 bridgehead atoms. The number of nitrogens with zero attached hydrogens (tertiary/aromatic N) is 5. The number of likely N-dealkylation sites (N-methyl/N-ethyl adjacent to an activating group) is 1. The highest BCUT2D eigenvalue weighted by Crippen LogP contribution is 2.36. The molecule has 1 saturated heterocycles. The van der Waals surface area contributed by atoms with Crippen LogP contribution in [-0.4, -0.2) is 75.3 Å². The smallest absolute Gasteiger partial charge is 0.176 e. The number of piperazine rings is 1.